The molecule has 5 aliphatic rings. The van der Waals surface area contributed by atoms with E-state index in [9.17, 15) is 9.90 Å². The average molecular weight is 559 g/mol. The molecule has 4 fully saturated rings. The molecule has 1 N–H and O–H groups in total. The van der Waals surface area contributed by atoms with Crippen molar-refractivity contribution in [2.75, 3.05) is 34.3 Å². The zero-order valence-corrected chi connectivity index (χ0v) is 26.9. The molecule has 5 rings (SSSR count). The SMILES string of the molecule is C[C@H](CCCC(C)(C)O)[C@]12CCC[C@@]13CC[C@H]1[C@@H](CC=C4C[C@@H](OC(=O)OCC[N+](C)(C)C)CC[C@@]41C)[C@@H]3CC2. The van der Waals surface area contributed by atoms with Gasteiger partial charge in [0.15, 0.2) is 0 Å². The van der Waals surface area contributed by atoms with Gasteiger partial charge in [-0.1, -0.05) is 44.8 Å². The number of carbonyl (C=O) groups is 1. The highest BCUT2D eigenvalue weighted by atomic mass is 16.7. The number of likely N-dealkylation sites (N-methyl/N-ethyl adjacent to an activating group) is 1. The number of aliphatic hydroxyl groups is 1. The first-order valence-corrected chi connectivity index (χ1v) is 16.7. The van der Waals surface area contributed by atoms with Crippen LogP contribution in [0, 0.1) is 39.9 Å². The smallest absolute Gasteiger partial charge is 0.431 e. The van der Waals surface area contributed by atoms with Crippen LogP contribution >= 0.6 is 0 Å². The Hall–Kier alpha value is -1.07. The van der Waals surface area contributed by atoms with Gasteiger partial charge in [-0.25, -0.2) is 4.79 Å². The van der Waals surface area contributed by atoms with Gasteiger partial charge in [-0.2, -0.15) is 0 Å². The van der Waals surface area contributed by atoms with E-state index in [1.54, 1.807) is 5.57 Å². The van der Waals surface area contributed by atoms with Gasteiger partial charge in [0, 0.05) is 6.42 Å². The third-order valence-corrected chi connectivity index (χ3v) is 13.0. The molecule has 0 aliphatic heterocycles. The Bertz CT molecular complexity index is 961. The summed E-state index contributed by atoms with van der Waals surface area (Å²) in [5, 5.41) is 10.3. The summed E-state index contributed by atoms with van der Waals surface area (Å²) < 4.78 is 12.0. The number of carbonyl (C=O) groups excluding carboxylic acids is 1. The molecule has 1 spiro atoms. The van der Waals surface area contributed by atoms with Crippen LogP contribution in [0.5, 0.6) is 0 Å². The molecule has 5 heteroatoms. The average Bonchev–Trinajstić information content (AvgIpc) is 3.36. The number of quaternary nitrogens is 1. The van der Waals surface area contributed by atoms with E-state index in [0.717, 1.165) is 66.8 Å². The largest absolute Gasteiger partial charge is 0.508 e. The summed E-state index contributed by atoms with van der Waals surface area (Å²) in [7, 11) is 6.31. The maximum atomic E-state index is 12.4. The standard InChI is InChI=1S/C35H60NO4/c1-25(10-8-16-32(2,3)38)34-17-9-18-35(34)21-14-29-28(30(35)15-20-34)12-11-26-24-27(13-19-33(26,29)4)40-31(37)39-23-22-36(5,6)7/h11,25,27-30,38H,8-10,12-24H2,1-7H3/q+1/t25-,27+,28-,29+,30+,33+,34-,35+/m1/s1. The fourth-order valence-electron chi connectivity index (χ4n) is 11.0. The number of ether oxygens (including phenoxy) is 2. The van der Waals surface area contributed by atoms with Crippen LogP contribution in [-0.4, -0.2) is 61.7 Å². The second-order valence-corrected chi connectivity index (χ2v) is 16.7. The molecule has 4 saturated carbocycles. The molecule has 0 unspecified atom stereocenters. The van der Waals surface area contributed by atoms with Crippen molar-refractivity contribution in [2.24, 2.45) is 39.9 Å². The van der Waals surface area contributed by atoms with Crippen molar-refractivity contribution < 1.29 is 23.9 Å². The van der Waals surface area contributed by atoms with Crippen LogP contribution in [0.25, 0.3) is 0 Å². The molecule has 8 atom stereocenters. The Kier molecular flexibility index (Phi) is 8.27. The van der Waals surface area contributed by atoms with Gasteiger partial charge in [0.25, 0.3) is 0 Å². The van der Waals surface area contributed by atoms with Gasteiger partial charge in [-0.3, -0.25) is 0 Å². The predicted octanol–water partition coefficient (Wildman–Crippen LogP) is 7.90. The van der Waals surface area contributed by atoms with Crippen molar-refractivity contribution >= 4 is 6.16 Å². The Morgan fingerprint density at radius 3 is 2.58 bits per heavy atom. The summed E-state index contributed by atoms with van der Waals surface area (Å²) in [6.07, 6.45) is 19.6. The second kappa shape index (κ2) is 10.9. The minimum absolute atomic E-state index is 0.0406. The van der Waals surface area contributed by atoms with E-state index in [2.05, 4.69) is 41.1 Å². The molecule has 5 aliphatic carbocycles. The fourth-order valence-corrected chi connectivity index (χ4v) is 11.0. The highest BCUT2D eigenvalue weighted by Crippen LogP contribution is 2.76. The Balaban J connectivity index is 1.24. The Labute approximate surface area is 245 Å². The molecule has 228 valence electrons. The summed E-state index contributed by atoms with van der Waals surface area (Å²) in [5.41, 5.74) is 2.37. The lowest BCUT2D eigenvalue weighted by atomic mass is 9.44. The van der Waals surface area contributed by atoms with E-state index in [1.807, 2.05) is 13.8 Å². The van der Waals surface area contributed by atoms with Gasteiger partial charge in [0.1, 0.15) is 19.3 Å². The number of allylic oxidation sites excluding steroid dienone is 1. The van der Waals surface area contributed by atoms with Gasteiger partial charge < -0.3 is 19.1 Å². The number of fused-ring (bicyclic) bond motifs is 4. The van der Waals surface area contributed by atoms with E-state index >= 15 is 0 Å². The maximum absolute atomic E-state index is 12.4. The summed E-state index contributed by atoms with van der Waals surface area (Å²) in [4.78, 5) is 12.4. The molecule has 0 saturated heterocycles. The number of hydrogen-bond acceptors (Lipinski definition) is 4. The highest BCUT2D eigenvalue weighted by Gasteiger charge is 2.68. The van der Waals surface area contributed by atoms with Crippen LogP contribution in [-0.2, 0) is 9.47 Å². The molecule has 40 heavy (non-hydrogen) atoms. The fraction of sp³-hybridized carbons (Fsp3) is 0.914. The summed E-state index contributed by atoms with van der Waals surface area (Å²) in [6.45, 7) is 10.2. The van der Waals surface area contributed by atoms with Crippen LogP contribution < -0.4 is 0 Å². The first kappa shape index (κ1) is 30.4. The monoisotopic (exact) mass is 558 g/mol. The van der Waals surface area contributed by atoms with E-state index in [0.29, 0.717) is 17.4 Å². The highest BCUT2D eigenvalue weighted by molar-refractivity contribution is 5.60. The Morgan fingerprint density at radius 2 is 1.85 bits per heavy atom. The van der Waals surface area contributed by atoms with E-state index in [1.165, 1.54) is 57.8 Å². The van der Waals surface area contributed by atoms with Crippen molar-refractivity contribution in [3.63, 3.8) is 0 Å². The number of rotatable bonds is 9. The van der Waals surface area contributed by atoms with E-state index in [4.69, 9.17) is 9.47 Å². The summed E-state index contributed by atoms with van der Waals surface area (Å²) >= 11 is 0. The van der Waals surface area contributed by atoms with Crippen molar-refractivity contribution in [1.29, 1.82) is 0 Å². The van der Waals surface area contributed by atoms with Gasteiger partial charge in [-0.15, -0.1) is 0 Å². The van der Waals surface area contributed by atoms with Crippen LogP contribution in [0.2, 0.25) is 0 Å². The quantitative estimate of drug-likeness (QED) is 0.177. The van der Waals surface area contributed by atoms with Gasteiger partial charge in [0.05, 0.1) is 26.7 Å². The van der Waals surface area contributed by atoms with Crippen molar-refractivity contribution in [3.8, 4) is 0 Å². The van der Waals surface area contributed by atoms with Gasteiger partial charge >= 0.3 is 6.16 Å². The zero-order valence-electron chi connectivity index (χ0n) is 26.9. The molecular weight excluding hydrogens is 498 g/mol. The van der Waals surface area contributed by atoms with Gasteiger partial charge in [-0.05, 0) is 118 Å². The predicted molar refractivity (Wildman–Crippen MR) is 161 cm³/mol. The molecule has 0 heterocycles. The summed E-state index contributed by atoms with van der Waals surface area (Å²) in [6, 6.07) is 0. The van der Waals surface area contributed by atoms with Crippen molar-refractivity contribution in [1.82, 2.24) is 0 Å². The normalized spacial score (nSPS) is 39.9. The van der Waals surface area contributed by atoms with Crippen molar-refractivity contribution in [3.05, 3.63) is 11.6 Å². The second-order valence-electron chi connectivity index (χ2n) is 16.7. The molecule has 5 nitrogen and oxygen atoms in total. The van der Waals surface area contributed by atoms with E-state index in [-0.39, 0.29) is 11.5 Å². The van der Waals surface area contributed by atoms with Crippen molar-refractivity contribution in [2.45, 2.75) is 129 Å². The van der Waals surface area contributed by atoms with Crippen LogP contribution in [0.3, 0.4) is 0 Å². The minimum atomic E-state index is -0.543. The Morgan fingerprint density at radius 1 is 1.10 bits per heavy atom. The molecular formula is C35H60NO4+. The molecule has 0 aromatic rings. The first-order chi connectivity index (χ1) is 18.7. The lowest BCUT2D eigenvalue weighted by Gasteiger charge is -2.60. The molecule has 0 aromatic heterocycles. The lowest BCUT2D eigenvalue weighted by Crippen LogP contribution is -2.53. The number of nitrogens with zero attached hydrogens (tertiary/aromatic N) is 1. The third kappa shape index (κ3) is 5.52. The lowest BCUT2D eigenvalue weighted by molar-refractivity contribution is -0.870. The number of hydrogen-bond donors (Lipinski definition) is 1. The summed E-state index contributed by atoms with van der Waals surface area (Å²) in [5.74, 6) is 3.25. The topological polar surface area (TPSA) is 55.8 Å². The molecule has 0 aromatic carbocycles. The maximum Gasteiger partial charge on any atom is 0.508 e. The zero-order chi connectivity index (χ0) is 29.0. The molecule has 0 amide bonds. The third-order valence-electron chi connectivity index (χ3n) is 13.0. The van der Waals surface area contributed by atoms with Crippen LogP contribution in [0.15, 0.2) is 11.6 Å². The van der Waals surface area contributed by atoms with E-state index < -0.39 is 11.8 Å². The molecule has 0 bridgehead atoms. The van der Waals surface area contributed by atoms with Crippen LogP contribution in [0.1, 0.15) is 118 Å². The van der Waals surface area contributed by atoms with Gasteiger partial charge in [0.2, 0.25) is 0 Å². The minimum Gasteiger partial charge on any atom is -0.431 e. The van der Waals surface area contributed by atoms with Crippen LogP contribution in [0.4, 0.5) is 4.79 Å². The molecule has 0 radical (unpaired) electrons. The first-order valence-electron chi connectivity index (χ1n) is 16.7.